The third-order valence-electron chi connectivity index (χ3n) is 5.34. The van der Waals surface area contributed by atoms with E-state index in [4.69, 9.17) is 4.74 Å². The molecular weight excluding hydrogens is 447 g/mol. The molecule has 2 amide bonds. The van der Waals surface area contributed by atoms with Gasteiger partial charge in [-0.3, -0.25) is 19.5 Å². The van der Waals surface area contributed by atoms with Crippen LogP contribution in [0.5, 0.6) is 5.75 Å². The van der Waals surface area contributed by atoms with E-state index in [1.54, 1.807) is 36.4 Å². The molecule has 3 aromatic carbocycles. The molecule has 0 spiro atoms. The van der Waals surface area contributed by atoms with E-state index < -0.39 is 23.7 Å². The molecule has 4 aromatic rings. The molecule has 4 rings (SSSR count). The van der Waals surface area contributed by atoms with Gasteiger partial charge in [-0.15, -0.1) is 0 Å². The van der Waals surface area contributed by atoms with E-state index in [0.717, 1.165) is 5.56 Å². The highest BCUT2D eigenvalue weighted by Gasteiger charge is 2.34. The van der Waals surface area contributed by atoms with Crippen LogP contribution < -0.4 is 15.0 Å². The van der Waals surface area contributed by atoms with E-state index in [9.17, 15) is 14.0 Å². The summed E-state index contributed by atoms with van der Waals surface area (Å²) >= 11 is 0. The van der Waals surface area contributed by atoms with Crippen LogP contribution in [0.25, 0.3) is 0 Å². The van der Waals surface area contributed by atoms with Crippen molar-refractivity contribution < 1.29 is 18.7 Å². The second-order valence-electron chi connectivity index (χ2n) is 7.78. The molecule has 1 heterocycles. The molecule has 176 valence electrons. The largest absolute Gasteiger partial charge is 0.497 e. The molecule has 0 unspecified atom stereocenters. The Balaban J connectivity index is 1.85. The Kier molecular flexibility index (Phi) is 7.11. The summed E-state index contributed by atoms with van der Waals surface area (Å²) in [5.74, 6) is -0.906. The summed E-state index contributed by atoms with van der Waals surface area (Å²) in [4.78, 5) is 37.0. The van der Waals surface area contributed by atoms with Gasteiger partial charge in [0.05, 0.1) is 13.3 Å². The number of aromatic nitrogens is 2. The third kappa shape index (κ3) is 5.50. The number of methoxy groups -OCH3 is 1. The predicted octanol–water partition coefficient (Wildman–Crippen LogP) is 4.96. The number of aryl methyl sites for hydroxylation is 1. The van der Waals surface area contributed by atoms with Gasteiger partial charge in [0.15, 0.2) is 0 Å². The van der Waals surface area contributed by atoms with Gasteiger partial charge in [0.1, 0.15) is 23.3 Å². The number of nitrogens with zero attached hydrogens (tertiary/aromatic N) is 3. The number of carbonyl (C=O) groups excluding carboxylic acids is 2. The third-order valence-corrected chi connectivity index (χ3v) is 5.34. The number of nitrogens with one attached hydrogen (secondary N) is 1. The van der Waals surface area contributed by atoms with Crippen LogP contribution in [0.2, 0.25) is 0 Å². The van der Waals surface area contributed by atoms with Crippen LogP contribution in [0.4, 0.5) is 15.8 Å². The average Bonchev–Trinajstić information content (AvgIpc) is 2.89. The SMILES string of the molecule is COc1cccc([C@@H](C(=O)Nc2ccc(F)cc2)N(C(=O)c2cnccn2)c2ccc(C)cc2)c1. The lowest BCUT2D eigenvalue weighted by Crippen LogP contribution is -2.42. The van der Waals surface area contributed by atoms with Crippen LogP contribution in [-0.2, 0) is 4.79 Å². The van der Waals surface area contributed by atoms with Crippen molar-refractivity contribution in [3.8, 4) is 5.75 Å². The Bertz CT molecular complexity index is 1310. The predicted molar refractivity (Wildman–Crippen MR) is 131 cm³/mol. The van der Waals surface area contributed by atoms with Crippen molar-refractivity contribution in [1.82, 2.24) is 9.97 Å². The number of halogens is 1. The summed E-state index contributed by atoms with van der Waals surface area (Å²) in [6.07, 6.45) is 4.23. The van der Waals surface area contributed by atoms with Gasteiger partial charge in [0, 0.05) is 23.8 Å². The minimum Gasteiger partial charge on any atom is -0.497 e. The zero-order valence-electron chi connectivity index (χ0n) is 19.2. The lowest BCUT2D eigenvalue weighted by atomic mass is 10.0. The van der Waals surface area contributed by atoms with E-state index in [1.165, 1.54) is 54.9 Å². The van der Waals surface area contributed by atoms with Crippen molar-refractivity contribution in [2.75, 3.05) is 17.3 Å². The number of hydrogen-bond acceptors (Lipinski definition) is 5. The number of carbonyl (C=O) groups is 2. The highest BCUT2D eigenvalue weighted by atomic mass is 19.1. The van der Waals surface area contributed by atoms with Gasteiger partial charge in [0.25, 0.3) is 11.8 Å². The van der Waals surface area contributed by atoms with Crippen LogP contribution in [0.1, 0.15) is 27.7 Å². The molecule has 0 aliphatic carbocycles. The molecule has 0 bridgehead atoms. The monoisotopic (exact) mass is 470 g/mol. The topological polar surface area (TPSA) is 84.4 Å². The Morgan fingerprint density at radius 3 is 2.40 bits per heavy atom. The van der Waals surface area contributed by atoms with Crippen molar-refractivity contribution in [3.63, 3.8) is 0 Å². The van der Waals surface area contributed by atoms with Gasteiger partial charge < -0.3 is 10.1 Å². The zero-order valence-corrected chi connectivity index (χ0v) is 19.2. The molecule has 1 aromatic heterocycles. The highest BCUT2D eigenvalue weighted by molar-refractivity contribution is 6.11. The lowest BCUT2D eigenvalue weighted by molar-refractivity contribution is -0.117. The van der Waals surface area contributed by atoms with E-state index in [1.807, 2.05) is 19.1 Å². The smallest absolute Gasteiger partial charge is 0.279 e. The maximum absolute atomic E-state index is 13.8. The fourth-order valence-electron chi connectivity index (χ4n) is 3.60. The molecule has 0 radical (unpaired) electrons. The van der Waals surface area contributed by atoms with Crippen molar-refractivity contribution in [2.24, 2.45) is 0 Å². The van der Waals surface area contributed by atoms with E-state index >= 15 is 0 Å². The van der Waals surface area contributed by atoms with E-state index in [-0.39, 0.29) is 5.69 Å². The Labute approximate surface area is 202 Å². The first-order chi connectivity index (χ1) is 17.0. The molecule has 0 saturated heterocycles. The number of ether oxygens (including phenoxy) is 1. The number of amides is 2. The minimum absolute atomic E-state index is 0.0792. The maximum Gasteiger partial charge on any atom is 0.279 e. The normalized spacial score (nSPS) is 11.4. The van der Waals surface area contributed by atoms with Gasteiger partial charge in [-0.1, -0.05) is 29.8 Å². The average molecular weight is 471 g/mol. The molecule has 35 heavy (non-hydrogen) atoms. The summed E-state index contributed by atoms with van der Waals surface area (Å²) in [5.41, 5.74) is 2.47. The van der Waals surface area contributed by atoms with E-state index in [2.05, 4.69) is 15.3 Å². The summed E-state index contributed by atoms with van der Waals surface area (Å²) in [6.45, 7) is 1.93. The van der Waals surface area contributed by atoms with Crippen LogP contribution in [0, 0.1) is 12.7 Å². The molecule has 7 nitrogen and oxygen atoms in total. The van der Waals surface area contributed by atoms with Crippen molar-refractivity contribution in [1.29, 1.82) is 0 Å². The van der Waals surface area contributed by atoms with Crippen molar-refractivity contribution in [3.05, 3.63) is 114 Å². The first-order valence-electron chi connectivity index (χ1n) is 10.8. The summed E-state index contributed by atoms with van der Waals surface area (Å²) < 4.78 is 18.8. The number of anilines is 2. The Morgan fingerprint density at radius 2 is 1.74 bits per heavy atom. The van der Waals surface area contributed by atoms with Gasteiger partial charge in [-0.25, -0.2) is 9.37 Å². The Hall–Kier alpha value is -4.59. The lowest BCUT2D eigenvalue weighted by Gasteiger charge is -2.31. The second kappa shape index (κ2) is 10.6. The van der Waals surface area contributed by atoms with Crippen LogP contribution in [-0.4, -0.2) is 28.9 Å². The van der Waals surface area contributed by atoms with Crippen LogP contribution in [0.3, 0.4) is 0 Å². The first-order valence-corrected chi connectivity index (χ1v) is 10.8. The Morgan fingerprint density at radius 1 is 1.00 bits per heavy atom. The van der Waals surface area contributed by atoms with E-state index in [0.29, 0.717) is 22.7 Å². The van der Waals surface area contributed by atoms with Gasteiger partial charge in [-0.2, -0.15) is 0 Å². The zero-order chi connectivity index (χ0) is 24.8. The molecule has 0 fully saturated rings. The fraction of sp³-hybridized carbons (Fsp3) is 0.111. The summed E-state index contributed by atoms with van der Waals surface area (Å²) in [6, 6.07) is 18.5. The number of rotatable bonds is 7. The molecular formula is C27H23FN4O3. The molecule has 0 aliphatic heterocycles. The first kappa shape index (κ1) is 23.6. The molecule has 1 N–H and O–H groups in total. The van der Waals surface area contributed by atoms with Crippen molar-refractivity contribution >= 4 is 23.2 Å². The maximum atomic E-state index is 13.8. The fourth-order valence-corrected chi connectivity index (χ4v) is 3.60. The van der Waals surface area contributed by atoms with Gasteiger partial charge in [-0.05, 0) is 61.0 Å². The standard InChI is InChI=1S/C27H23FN4O3/c1-18-6-12-22(13-7-18)32(27(34)24-17-29-14-15-30-24)25(19-4-3-5-23(16-19)35-2)26(33)31-21-10-8-20(28)9-11-21/h3-17,25H,1-2H3,(H,31,33)/t25-/m0/s1. The summed E-state index contributed by atoms with van der Waals surface area (Å²) in [7, 11) is 1.52. The molecule has 0 aliphatic rings. The molecule has 0 saturated carbocycles. The number of benzene rings is 3. The van der Waals surface area contributed by atoms with Gasteiger partial charge in [0.2, 0.25) is 0 Å². The minimum atomic E-state index is -1.10. The van der Waals surface area contributed by atoms with Gasteiger partial charge >= 0.3 is 0 Å². The van der Waals surface area contributed by atoms with Crippen molar-refractivity contribution in [2.45, 2.75) is 13.0 Å². The molecule has 8 heteroatoms. The van der Waals surface area contributed by atoms with Crippen LogP contribution in [0.15, 0.2) is 91.4 Å². The summed E-state index contributed by atoms with van der Waals surface area (Å²) in [5, 5.41) is 2.80. The van der Waals surface area contributed by atoms with Crippen LogP contribution >= 0.6 is 0 Å². The quantitative estimate of drug-likeness (QED) is 0.413. The second-order valence-corrected chi connectivity index (χ2v) is 7.78. The highest BCUT2D eigenvalue weighted by Crippen LogP contribution is 2.32. The number of hydrogen-bond donors (Lipinski definition) is 1. The molecule has 1 atom stereocenters.